The van der Waals surface area contributed by atoms with E-state index in [9.17, 15) is 14.4 Å². The Kier molecular flexibility index (Phi) is 4.41. The quantitative estimate of drug-likeness (QED) is 0.872. The smallest absolute Gasteiger partial charge is 0.326 e. The second-order valence-corrected chi connectivity index (χ2v) is 7.10. The molecule has 2 heterocycles. The molecule has 0 spiro atoms. The zero-order chi connectivity index (χ0) is 18.2. The number of fused-ring (bicyclic) bond motifs is 1. The number of carbonyl (C=O) groups is 2. The number of aromatic nitrogens is 2. The van der Waals surface area contributed by atoms with Gasteiger partial charge < -0.3 is 15.6 Å². The molecule has 133 valence electrons. The first-order valence-corrected chi connectivity index (χ1v) is 8.43. The van der Waals surface area contributed by atoms with Crippen molar-refractivity contribution in [2.24, 2.45) is 11.1 Å². The lowest BCUT2D eigenvalue weighted by atomic mass is 9.87. The van der Waals surface area contributed by atoms with Gasteiger partial charge in [-0.25, -0.2) is 4.79 Å². The zero-order valence-electron chi connectivity index (χ0n) is 14.5. The summed E-state index contributed by atoms with van der Waals surface area (Å²) in [7, 11) is 0. The molecule has 7 nitrogen and oxygen atoms in total. The number of aromatic amines is 1. The fourth-order valence-electron chi connectivity index (χ4n) is 3.25. The van der Waals surface area contributed by atoms with Gasteiger partial charge in [-0.3, -0.25) is 14.2 Å². The van der Waals surface area contributed by atoms with Gasteiger partial charge in [-0.15, -0.1) is 0 Å². The molecule has 7 heteroatoms. The summed E-state index contributed by atoms with van der Waals surface area (Å²) in [5.74, 6) is -0.713. The second kappa shape index (κ2) is 6.38. The lowest BCUT2D eigenvalue weighted by Gasteiger charge is -2.34. The molecular weight excluding hydrogens is 320 g/mol. The largest absolute Gasteiger partial charge is 0.369 e. The number of likely N-dealkylation sites (tertiary alicyclic amines) is 1. The molecule has 1 aliphatic heterocycles. The van der Waals surface area contributed by atoms with Gasteiger partial charge in [0.05, 0.1) is 22.9 Å². The van der Waals surface area contributed by atoms with E-state index in [1.807, 2.05) is 24.3 Å². The molecule has 2 amide bonds. The molecule has 0 aliphatic carbocycles. The van der Waals surface area contributed by atoms with Crippen LogP contribution in [0, 0.1) is 11.8 Å². The molecule has 0 bridgehead atoms. The number of nitrogens with one attached hydrogen (secondary N) is 1. The van der Waals surface area contributed by atoms with Gasteiger partial charge in [-0.1, -0.05) is 26.0 Å². The van der Waals surface area contributed by atoms with E-state index in [1.54, 1.807) is 23.3 Å². The van der Waals surface area contributed by atoms with Crippen molar-refractivity contribution >= 4 is 22.8 Å². The monoisotopic (exact) mass is 343 g/mol. The maximum absolute atomic E-state index is 12.4. The van der Waals surface area contributed by atoms with Crippen LogP contribution >= 0.6 is 0 Å². The summed E-state index contributed by atoms with van der Waals surface area (Å²) < 4.78 is 1.79. The third-order valence-electron chi connectivity index (χ3n) is 4.88. The summed E-state index contributed by atoms with van der Waals surface area (Å²) in [5, 5.41) is 0. The van der Waals surface area contributed by atoms with Crippen molar-refractivity contribution in [2.75, 3.05) is 13.1 Å². The number of amides is 2. The number of benzene rings is 1. The van der Waals surface area contributed by atoms with Gasteiger partial charge in [0, 0.05) is 19.1 Å². The molecule has 1 fully saturated rings. The molecule has 1 radical (unpaired) electrons. The Labute approximate surface area is 145 Å². The summed E-state index contributed by atoms with van der Waals surface area (Å²) >= 11 is 0. The van der Waals surface area contributed by atoms with Crippen molar-refractivity contribution in [1.82, 2.24) is 14.5 Å². The average molecular weight is 343 g/mol. The molecule has 3 N–H and O–H groups in total. The third-order valence-corrected chi connectivity index (χ3v) is 4.88. The predicted octanol–water partition coefficient (Wildman–Crippen LogP) is 1.21. The van der Waals surface area contributed by atoms with E-state index in [0.29, 0.717) is 25.9 Å². The van der Waals surface area contributed by atoms with E-state index < -0.39 is 11.3 Å². The number of hydrogen-bond donors (Lipinski definition) is 2. The number of H-pyrrole nitrogens is 1. The van der Waals surface area contributed by atoms with Gasteiger partial charge in [-0.05, 0) is 25.0 Å². The molecule has 1 aromatic heterocycles. The van der Waals surface area contributed by atoms with E-state index in [0.717, 1.165) is 11.0 Å². The normalized spacial score (nSPS) is 16.3. The van der Waals surface area contributed by atoms with E-state index in [-0.39, 0.29) is 17.6 Å². The van der Waals surface area contributed by atoms with Crippen LogP contribution in [0.25, 0.3) is 11.0 Å². The van der Waals surface area contributed by atoms with Gasteiger partial charge in [0.2, 0.25) is 11.8 Å². The van der Waals surface area contributed by atoms with Crippen molar-refractivity contribution in [3.63, 3.8) is 0 Å². The number of imidazole rings is 1. The number of rotatable bonds is 4. The first-order valence-electron chi connectivity index (χ1n) is 8.43. The van der Waals surface area contributed by atoms with Gasteiger partial charge >= 0.3 is 5.69 Å². The average Bonchev–Trinajstić information content (AvgIpc) is 2.90. The highest BCUT2D eigenvalue weighted by Gasteiger charge is 2.33. The Hall–Kier alpha value is -2.57. The number of primary amides is 1. The minimum atomic E-state index is -0.971. The van der Waals surface area contributed by atoms with E-state index >= 15 is 0 Å². The van der Waals surface area contributed by atoms with E-state index in [2.05, 4.69) is 4.98 Å². The summed E-state index contributed by atoms with van der Waals surface area (Å²) in [6.07, 6.45) is 2.77. The predicted molar refractivity (Wildman–Crippen MR) is 94.7 cm³/mol. The third kappa shape index (κ3) is 3.31. The SMILES string of the molecule is CC(C)([CH]C(=O)N1CCC(n2c(=O)[nH]c3ccccc32)CC1)C(N)=O. The number of nitrogens with zero attached hydrogens (tertiary/aromatic N) is 2. The van der Waals surface area contributed by atoms with Crippen molar-refractivity contribution in [1.29, 1.82) is 0 Å². The van der Waals surface area contributed by atoms with Crippen LogP contribution < -0.4 is 11.4 Å². The van der Waals surface area contributed by atoms with Crippen LogP contribution in [0.15, 0.2) is 29.1 Å². The van der Waals surface area contributed by atoms with Crippen LogP contribution in [0.5, 0.6) is 0 Å². The second-order valence-electron chi connectivity index (χ2n) is 7.10. The lowest BCUT2D eigenvalue weighted by molar-refractivity contribution is -0.134. The summed E-state index contributed by atoms with van der Waals surface area (Å²) in [4.78, 5) is 40.6. The van der Waals surface area contributed by atoms with Crippen LogP contribution in [-0.2, 0) is 9.59 Å². The standard InChI is InChI=1S/C18H23N4O3/c1-18(2,16(19)24)11-15(23)21-9-7-12(8-10-21)22-14-6-4-3-5-13(14)20-17(22)25/h3-6,11-12H,7-10H2,1-2H3,(H2,19,24)(H,20,25). The van der Waals surface area contributed by atoms with Gasteiger partial charge in [-0.2, -0.15) is 0 Å². The molecule has 0 unspecified atom stereocenters. The Morgan fingerprint density at radius 1 is 1.24 bits per heavy atom. The van der Waals surface area contributed by atoms with Crippen molar-refractivity contribution in [3.8, 4) is 0 Å². The maximum atomic E-state index is 12.4. The van der Waals surface area contributed by atoms with Crippen LogP contribution in [0.2, 0.25) is 0 Å². The molecular formula is C18H23N4O3. The number of piperidine rings is 1. The van der Waals surface area contributed by atoms with Crippen LogP contribution in [0.4, 0.5) is 0 Å². The van der Waals surface area contributed by atoms with Crippen LogP contribution in [-0.4, -0.2) is 39.4 Å². The molecule has 25 heavy (non-hydrogen) atoms. The van der Waals surface area contributed by atoms with Crippen molar-refractivity contribution in [2.45, 2.75) is 32.7 Å². The Balaban J connectivity index is 1.70. The summed E-state index contributed by atoms with van der Waals surface area (Å²) in [5.41, 5.74) is 5.94. The minimum absolute atomic E-state index is 0.0526. The van der Waals surface area contributed by atoms with Crippen LogP contribution in [0.3, 0.4) is 0 Å². The number of nitrogens with two attached hydrogens (primary N) is 1. The highest BCUT2D eigenvalue weighted by atomic mass is 16.2. The molecule has 1 aliphatic rings. The molecule has 0 saturated carbocycles. The first kappa shape index (κ1) is 17.3. The topological polar surface area (TPSA) is 101 Å². The molecule has 2 aromatic rings. The van der Waals surface area contributed by atoms with Gasteiger partial charge in [0.15, 0.2) is 0 Å². The number of carbonyl (C=O) groups excluding carboxylic acids is 2. The highest BCUT2D eigenvalue weighted by molar-refractivity contribution is 5.94. The molecule has 3 rings (SSSR count). The van der Waals surface area contributed by atoms with E-state index in [1.165, 1.54) is 6.42 Å². The van der Waals surface area contributed by atoms with Gasteiger partial charge in [0.25, 0.3) is 0 Å². The highest BCUT2D eigenvalue weighted by Crippen LogP contribution is 2.27. The Morgan fingerprint density at radius 3 is 2.52 bits per heavy atom. The van der Waals surface area contributed by atoms with E-state index in [4.69, 9.17) is 5.73 Å². The number of para-hydroxylation sites is 2. The molecule has 1 aromatic carbocycles. The fraction of sp³-hybridized carbons (Fsp3) is 0.444. The maximum Gasteiger partial charge on any atom is 0.326 e. The van der Waals surface area contributed by atoms with Crippen molar-refractivity contribution < 1.29 is 9.59 Å². The zero-order valence-corrected chi connectivity index (χ0v) is 14.5. The fourth-order valence-corrected chi connectivity index (χ4v) is 3.25. The summed E-state index contributed by atoms with van der Waals surface area (Å²) in [6, 6.07) is 7.66. The Morgan fingerprint density at radius 2 is 1.88 bits per heavy atom. The number of hydrogen-bond acceptors (Lipinski definition) is 3. The van der Waals surface area contributed by atoms with Gasteiger partial charge in [0.1, 0.15) is 0 Å². The minimum Gasteiger partial charge on any atom is -0.369 e. The molecule has 1 saturated heterocycles. The Bertz CT molecular complexity index is 857. The van der Waals surface area contributed by atoms with Crippen LogP contribution in [0.1, 0.15) is 32.7 Å². The van der Waals surface area contributed by atoms with Crippen molar-refractivity contribution in [3.05, 3.63) is 41.2 Å². The molecule has 0 atom stereocenters. The summed E-state index contributed by atoms with van der Waals surface area (Å²) in [6.45, 7) is 4.35. The first-order chi connectivity index (χ1) is 11.8. The lowest BCUT2D eigenvalue weighted by Crippen LogP contribution is -2.44.